The highest BCUT2D eigenvalue weighted by Crippen LogP contribution is 2.47. The topological polar surface area (TPSA) is 91.9 Å². The van der Waals surface area contributed by atoms with Gasteiger partial charge in [0.2, 0.25) is 0 Å². The fourth-order valence-corrected chi connectivity index (χ4v) is 5.18. The minimum atomic E-state index is -0.974. The van der Waals surface area contributed by atoms with Gasteiger partial charge in [-0.3, -0.25) is 0 Å². The number of aromatic hydroxyl groups is 1. The van der Waals surface area contributed by atoms with Gasteiger partial charge < -0.3 is 15.3 Å². The second kappa shape index (κ2) is 8.93. The van der Waals surface area contributed by atoms with E-state index in [2.05, 4.69) is 10.2 Å². The van der Waals surface area contributed by atoms with Gasteiger partial charge in [0.15, 0.2) is 12.5 Å². The number of rotatable bonds is 5. The third-order valence-corrected chi connectivity index (χ3v) is 6.75. The number of phenols is 1. The van der Waals surface area contributed by atoms with E-state index in [1.165, 1.54) is 0 Å². The molecule has 0 aliphatic carbocycles. The number of anilines is 2. The van der Waals surface area contributed by atoms with E-state index in [4.69, 9.17) is 0 Å². The Morgan fingerprint density at radius 1 is 0.647 bits per heavy atom. The Balaban J connectivity index is 1.57. The largest absolute Gasteiger partial charge is 0.508 e. The van der Waals surface area contributed by atoms with Crippen molar-refractivity contribution >= 4 is 22.8 Å². The van der Waals surface area contributed by atoms with Crippen molar-refractivity contribution in [3.8, 4) is 5.75 Å². The molecule has 3 N–H and O–H groups in total. The molecule has 2 aliphatic heterocycles. The minimum absolute atomic E-state index is 0.115. The van der Waals surface area contributed by atoms with Crippen LogP contribution in [0, 0.1) is 11.8 Å². The van der Waals surface area contributed by atoms with Gasteiger partial charge in [-0.15, -0.1) is 0 Å². The Morgan fingerprint density at radius 2 is 1.06 bits per heavy atom. The Bertz CT molecular complexity index is 1140. The van der Waals surface area contributed by atoms with Crippen LogP contribution < -0.4 is 10.0 Å². The zero-order chi connectivity index (χ0) is 23.8. The van der Waals surface area contributed by atoms with E-state index >= 15 is 0 Å². The van der Waals surface area contributed by atoms with Crippen LogP contribution in [-0.4, -0.2) is 39.2 Å². The van der Waals surface area contributed by atoms with Gasteiger partial charge in [-0.2, -0.15) is 10.2 Å². The van der Waals surface area contributed by atoms with Gasteiger partial charge in [-0.25, -0.2) is 10.0 Å². The molecule has 3 aromatic rings. The van der Waals surface area contributed by atoms with E-state index in [0.29, 0.717) is 5.56 Å². The Morgan fingerprint density at radius 3 is 1.50 bits per heavy atom. The number of aliphatic hydroxyl groups excluding tert-OH is 2. The highest BCUT2D eigenvalue weighted by Gasteiger charge is 2.50. The molecule has 7 heteroatoms. The quantitative estimate of drug-likeness (QED) is 0.537. The zero-order valence-electron chi connectivity index (χ0n) is 19.1. The summed E-state index contributed by atoms with van der Waals surface area (Å²) in [5.41, 5.74) is 3.64. The molecule has 2 aliphatic rings. The molecular formula is C27H28N4O3. The first-order chi connectivity index (χ1) is 16.5. The lowest BCUT2D eigenvalue weighted by atomic mass is 9.72. The average molecular weight is 457 g/mol. The molecule has 0 aromatic heterocycles. The first-order valence-electron chi connectivity index (χ1n) is 11.4. The van der Waals surface area contributed by atoms with Crippen LogP contribution in [-0.2, 0) is 0 Å². The zero-order valence-corrected chi connectivity index (χ0v) is 19.1. The minimum Gasteiger partial charge on any atom is -0.508 e. The molecule has 0 bridgehead atoms. The SMILES string of the molecule is CC1=NN(c2ccccc2)[C@@H](O)[C@H]1C(c1ccccc1O)[C@@H]1C(C)=NN(c2ccccc2)[C@@H]1O. The Labute approximate surface area is 198 Å². The monoisotopic (exact) mass is 456 g/mol. The van der Waals surface area contributed by atoms with Crippen LogP contribution in [0.3, 0.4) is 0 Å². The smallest absolute Gasteiger partial charge is 0.156 e. The normalized spacial score (nSPS) is 25.3. The van der Waals surface area contributed by atoms with E-state index in [-0.39, 0.29) is 5.75 Å². The van der Waals surface area contributed by atoms with E-state index in [9.17, 15) is 15.3 Å². The first kappa shape index (κ1) is 22.1. The van der Waals surface area contributed by atoms with Crippen LogP contribution in [0.5, 0.6) is 5.75 Å². The number of hydrogen-bond donors (Lipinski definition) is 3. The van der Waals surface area contributed by atoms with Crippen molar-refractivity contribution in [3.63, 3.8) is 0 Å². The summed E-state index contributed by atoms with van der Waals surface area (Å²) in [6.45, 7) is 3.76. The highest BCUT2D eigenvalue weighted by atomic mass is 16.3. The number of aliphatic hydroxyl groups is 2. The van der Waals surface area contributed by atoms with Crippen molar-refractivity contribution in [1.29, 1.82) is 0 Å². The summed E-state index contributed by atoms with van der Waals surface area (Å²) in [5.74, 6) is -1.31. The van der Waals surface area contributed by atoms with Crippen molar-refractivity contribution in [3.05, 3.63) is 90.5 Å². The first-order valence-corrected chi connectivity index (χ1v) is 11.4. The summed E-state index contributed by atoms with van der Waals surface area (Å²) >= 11 is 0. The molecule has 2 heterocycles. The Kier molecular flexibility index (Phi) is 5.81. The molecule has 0 amide bonds. The molecule has 5 atom stereocenters. The second-order valence-electron chi connectivity index (χ2n) is 8.81. The number of hydrazone groups is 2. The van der Waals surface area contributed by atoms with Crippen LogP contribution in [0.2, 0.25) is 0 Å². The van der Waals surface area contributed by atoms with Crippen molar-refractivity contribution in [2.24, 2.45) is 22.0 Å². The fraction of sp³-hybridized carbons (Fsp3) is 0.259. The van der Waals surface area contributed by atoms with Crippen LogP contribution >= 0.6 is 0 Å². The van der Waals surface area contributed by atoms with Gasteiger partial charge in [-0.1, -0.05) is 54.6 Å². The van der Waals surface area contributed by atoms with Crippen LogP contribution in [0.15, 0.2) is 95.1 Å². The molecule has 1 unspecified atom stereocenters. The van der Waals surface area contributed by atoms with Gasteiger partial charge in [-0.05, 0) is 49.7 Å². The molecule has 7 nitrogen and oxygen atoms in total. The summed E-state index contributed by atoms with van der Waals surface area (Å²) in [4.78, 5) is 0. The lowest BCUT2D eigenvalue weighted by molar-refractivity contribution is 0.0879. The summed E-state index contributed by atoms with van der Waals surface area (Å²) < 4.78 is 0. The second-order valence-corrected chi connectivity index (χ2v) is 8.81. The molecule has 5 rings (SSSR count). The summed E-state index contributed by atoms with van der Waals surface area (Å²) in [5, 5.41) is 46.4. The average Bonchev–Trinajstić information content (AvgIpc) is 3.32. The predicted octanol–water partition coefficient (Wildman–Crippen LogP) is 4.14. The molecule has 34 heavy (non-hydrogen) atoms. The highest BCUT2D eigenvalue weighted by molar-refractivity contribution is 5.93. The van der Waals surface area contributed by atoms with Gasteiger partial charge in [0, 0.05) is 17.3 Å². The van der Waals surface area contributed by atoms with E-state index in [1.807, 2.05) is 86.6 Å². The lowest BCUT2D eigenvalue weighted by Gasteiger charge is -2.36. The van der Waals surface area contributed by atoms with Gasteiger partial charge >= 0.3 is 0 Å². The molecular weight excluding hydrogens is 428 g/mol. The number of para-hydroxylation sites is 3. The van der Waals surface area contributed by atoms with Crippen LogP contribution in [0.1, 0.15) is 25.3 Å². The standard InChI is InChI=1S/C27H28N4O3/c1-17-23(26(33)30(28-17)19-11-5-3-6-12-19)25(21-15-9-10-16-22(21)32)24-18(2)29-31(27(24)34)20-13-7-4-8-14-20/h3-16,23-27,32-34H,1-2H3/t23-,24+,25?,26+,27-. The van der Waals surface area contributed by atoms with E-state index in [1.54, 1.807) is 22.2 Å². The number of hydrogen-bond acceptors (Lipinski definition) is 7. The summed E-state index contributed by atoms with van der Waals surface area (Å²) in [7, 11) is 0. The maximum Gasteiger partial charge on any atom is 0.156 e. The lowest BCUT2D eigenvalue weighted by Crippen LogP contribution is -2.44. The molecule has 0 spiro atoms. The van der Waals surface area contributed by atoms with Crippen molar-refractivity contribution < 1.29 is 15.3 Å². The van der Waals surface area contributed by atoms with Crippen molar-refractivity contribution in [1.82, 2.24) is 0 Å². The predicted molar refractivity (Wildman–Crippen MR) is 134 cm³/mol. The van der Waals surface area contributed by atoms with E-state index in [0.717, 1.165) is 22.8 Å². The van der Waals surface area contributed by atoms with Crippen molar-refractivity contribution in [2.75, 3.05) is 10.0 Å². The number of phenolic OH excluding ortho intramolecular Hbond substituents is 1. The molecule has 0 saturated heterocycles. The third kappa shape index (κ3) is 3.73. The van der Waals surface area contributed by atoms with Gasteiger partial charge in [0.1, 0.15) is 5.75 Å². The maximum absolute atomic E-state index is 11.5. The number of benzene rings is 3. The van der Waals surface area contributed by atoms with E-state index < -0.39 is 30.2 Å². The molecule has 174 valence electrons. The van der Waals surface area contributed by atoms with Gasteiger partial charge in [0.25, 0.3) is 0 Å². The molecule has 0 radical (unpaired) electrons. The van der Waals surface area contributed by atoms with Gasteiger partial charge in [0.05, 0.1) is 23.2 Å². The number of nitrogens with zero attached hydrogens (tertiary/aromatic N) is 4. The third-order valence-electron chi connectivity index (χ3n) is 6.75. The fourth-order valence-electron chi connectivity index (χ4n) is 5.18. The Hall–Kier alpha value is -3.68. The van der Waals surface area contributed by atoms with Crippen LogP contribution in [0.25, 0.3) is 0 Å². The summed E-state index contributed by atoms with van der Waals surface area (Å²) in [6, 6.07) is 26.1. The van der Waals surface area contributed by atoms with Crippen molar-refractivity contribution in [2.45, 2.75) is 32.2 Å². The maximum atomic E-state index is 11.5. The van der Waals surface area contributed by atoms with Crippen LogP contribution in [0.4, 0.5) is 11.4 Å². The molecule has 0 saturated carbocycles. The molecule has 3 aromatic carbocycles. The summed E-state index contributed by atoms with van der Waals surface area (Å²) in [6.07, 6.45) is -1.95. The molecule has 0 fully saturated rings.